The second-order valence-electron chi connectivity index (χ2n) is 4.33. The van der Waals surface area contributed by atoms with E-state index in [-0.39, 0.29) is 24.0 Å². The zero-order valence-electron chi connectivity index (χ0n) is 11.1. The van der Waals surface area contributed by atoms with E-state index < -0.39 is 0 Å². The molecule has 0 aliphatic heterocycles. The summed E-state index contributed by atoms with van der Waals surface area (Å²) in [7, 11) is 1.65. The summed E-state index contributed by atoms with van der Waals surface area (Å²) >= 11 is 0. The second kappa shape index (κ2) is 9.02. The third-order valence-corrected chi connectivity index (χ3v) is 2.26. The number of nitrogens with zero attached hydrogens (tertiary/aromatic N) is 1. The number of hydrogen-bond donors (Lipinski definition) is 2. The Hall–Kier alpha value is -0.980. The number of aliphatic imine (C=N–C) groups is 1. The molecule has 1 rings (SSSR count). The van der Waals surface area contributed by atoms with Crippen molar-refractivity contribution in [3.05, 3.63) is 29.8 Å². The van der Waals surface area contributed by atoms with Gasteiger partial charge in [-0.05, 0) is 23.6 Å². The van der Waals surface area contributed by atoms with E-state index in [9.17, 15) is 0 Å². The molecule has 5 heteroatoms. The molecular formula is C13H22IN3O. The topological polar surface area (TPSA) is 59.6 Å². The number of hydrogen-bond acceptors (Lipinski definition) is 2. The Kier molecular flexibility index (Phi) is 8.53. The smallest absolute Gasteiger partial charge is 0.188 e. The van der Waals surface area contributed by atoms with Gasteiger partial charge < -0.3 is 15.8 Å². The molecule has 18 heavy (non-hydrogen) atoms. The highest BCUT2D eigenvalue weighted by atomic mass is 127. The maximum absolute atomic E-state index is 5.75. The first-order valence-corrected chi connectivity index (χ1v) is 5.78. The third kappa shape index (κ3) is 6.68. The summed E-state index contributed by atoms with van der Waals surface area (Å²) in [5, 5.41) is 3.08. The third-order valence-electron chi connectivity index (χ3n) is 2.26. The fourth-order valence-electron chi connectivity index (χ4n) is 1.31. The standard InChI is InChI=1S/C13H21N3O.HI/c1-10(2)8-15-13(14)16-9-11-5-4-6-12(7-11)17-3;/h4-7,10H,8-9H2,1-3H3,(H3,14,15,16);1H. The van der Waals surface area contributed by atoms with Crippen molar-refractivity contribution in [2.75, 3.05) is 13.7 Å². The molecule has 102 valence electrons. The van der Waals surface area contributed by atoms with E-state index in [0.717, 1.165) is 17.9 Å². The molecule has 0 aliphatic rings. The molecule has 1 aromatic carbocycles. The molecule has 0 bridgehead atoms. The zero-order valence-corrected chi connectivity index (χ0v) is 13.5. The van der Waals surface area contributed by atoms with E-state index in [1.807, 2.05) is 24.3 Å². The molecule has 1 aromatic rings. The number of ether oxygens (including phenoxy) is 1. The van der Waals surface area contributed by atoms with Crippen LogP contribution in [0.2, 0.25) is 0 Å². The lowest BCUT2D eigenvalue weighted by molar-refractivity contribution is 0.414. The Bertz CT molecular complexity index is 380. The minimum atomic E-state index is 0. The zero-order chi connectivity index (χ0) is 12.7. The lowest BCUT2D eigenvalue weighted by atomic mass is 10.2. The summed E-state index contributed by atoms with van der Waals surface area (Å²) in [5.41, 5.74) is 6.83. The maximum atomic E-state index is 5.75. The molecule has 0 unspecified atom stereocenters. The lowest BCUT2D eigenvalue weighted by Crippen LogP contribution is -2.34. The summed E-state index contributed by atoms with van der Waals surface area (Å²) < 4.78 is 5.15. The van der Waals surface area contributed by atoms with Crippen molar-refractivity contribution in [2.24, 2.45) is 16.6 Å². The number of benzene rings is 1. The van der Waals surface area contributed by atoms with Crippen molar-refractivity contribution >= 4 is 29.9 Å². The van der Waals surface area contributed by atoms with Crippen molar-refractivity contribution in [3.63, 3.8) is 0 Å². The minimum absolute atomic E-state index is 0. The first-order chi connectivity index (χ1) is 8.11. The molecule has 0 heterocycles. The van der Waals surface area contributed by atoms with Gasteiger partial charge in [-0.3, -0.25) is 0 Å². The first-order valence-electron chi connectivity index (χ1n) is 5.78. The summed E-state index contributed by atoms with van der Waals surface area (Å²) in [6.45, 7) is 5.66. The van der Waals surface area contributed by atoms with Crippen LogP contribution in [0.1, 0.15) is 19.4 Å². The molecule has 0 amide bonds. The van der Waals surface area contributed by atoms with E-state index in [0.29, 0.717) is 18.4 Å². The van der Waals surface area contributed by atoms with Gasteiger partial charge in [0.25, 0.3) is 0 Å². The average Bonchev–Trinajstić information content (AvgIpc) is 2.34. The van der Waals surface area contributed by atoms with E-state index in [1.54, 1.807) is 7.11 Å². The second-order valence-corrected chi connectivity index (χ2v) is 4.33. The Balaban J connectivity index is 0.00000289. The number of rotatable bonds is 5. The van der Waals surface area contributed by atoms with Gasteiger partial charge in [-0.2, -0.15) is 0 Å². The molecule has 4 nitrogen and oxygen atoms in total. The van der Waals surface area contributed by atoms with Gasteiger partial charge in [-0.25, -0.2) is 4.99 Å². The van der Waals surface area contributed by atoms with Crippen LogP contribution in [0, 0.1) is 5.92 Å². The number of methoxy groups -OCH3 is 1. The minimum Gasteiger partial charge on any atom is -0.497 e. The van der Waals surface area contributed by atoms with Crippen molar-refractivity contribution < 1.29 is 4.74 Å². The predicted molar refractivity (Wildman–Crippen MR) is 86.6 cm³/mol. The molecule has 0 saturated carbocycles. The Morgan fingerprint density at radius 1 is 1.44 bits per heavy atom. The predicted octanol–water partition coefficient (Wildman–Crippen LogP) is 2.37. The van der Waals surface area contributed by atoms with Crippen LogP contribution in [0.5, 0.6) is 5.75 Å². The van der Waals surface area contributed by atoms with E-state index >= 15 is 0 Å². The highest BCUT2D eigenvalue weighted by Gasteiger charge is 1.97. The molecule has 0 spiro atoms. The van der Waals surface area contributed by atoms with E-state index in [4.69, 9.17) is 10.5 Å². The molecule has 3 N–H and O–H groups in total. The largest absolute Gasteiger partial charge is 0.497 e. The molecule has 0 saturated heterocycles. The van der Waals surface area contributed by atoms with Gasteiger partial charge in [-0.1, -0.05) is 26.0 Å². The van der Waals surface area contributed by atoms with Crippen molar-refractivity contribution in [2.45, 2.75) is 20.4 Å². The Morgan fingerprint density at radius 2 is 2.17 bits per heavy atom. The monoisotopic (exact) mass is 363 g/mol. The van der Waals surface area contributed by atoms with Gasteiger partial charge in [0.05, 0.1) is 13.7 Å². The van der Waals surface area contributed by atoms with Gasteiger partial charge in [0.1, 0.15) is 5.75 Å². The van der Waals surface area contributed by atoms with Gasteiger partial charge in [0.2, 0.25) is 0 Å². The van der Waals surface area contributed by atoms with Gasteiger partial charge in [-0.15, -0.1) is 24.0 Å². The molecular weight excluding hydrogens is 341 g/mol. The number of nitrogens with two attached hydrogens (primary N) is 1. The Morgan fingerprint density at radius 3 is 2.78 bits per heavy atom. The molecule has 0 fully saturated rings. The summed E-state index contributed by atoms with van der Waals surface area (Å²) in [6, 6.07) is 7.82. The van der Waals surface area contributed by atoms with Crippen LogP contribution in [-0.2, 0) is 6.54 Å². The van der Waals surface area contributed by atoms with Crippen LogP contribution >= 0.6 is 24.0 Å². The van der Waals surface area contributed by atoms with Gasteiger partial charge in [0, 0.05) is 6.54 Å². The molecule has 0 radical (unpaired) electrons. The van der Waals surface area contributed by atoms with Crippen LogP contribution in [-0.4, -0.2) is 19.6 Å². The molecule has 0 aliphatic carbocycles. The van der Waals surface area contributed by atoms with Crippen molar-refractivity contribution in [3.8, 4) is 5.75 Å². The number of halogens is 1. The Labute approximate surface area is 126 Å². The average molecular weight is 363 g/mol. The fraction of sp³-hybridized carbons (Fsp3) is 0.462. The number of guanidine groups is 1. The van der Waals surface area contributed by atoms with Crippen molar-refractivity contribution in [1.29, 1.82) is 0 Å². The van der Waals surface area contributed by atoms with Crippen LogP contribution in [0.4, 0.5) is 0 Å². The molecule has 0 atom stereocenters. The van der Waals surface area contributed by atoms with Crippen LogP contribution in [0.15, 0.2) is 29.3 Å². The highest BCUT2D eigenvalue weighted by molar-refractivity contribution is 14.0. The molecule has 0 aromatic heterocycles. The summed E-state index contributed by atoms with van der Waals surface area (Å²) in [4.78, 5) is 4.27. The number of nitrogens with one attached hydrogen (secondary N) is 1. The maximum Gasteiger partial charge on any atom is 0.188 e. The lowest BCUT2D eigenvalue weighted by Gasteiger charge is -2.08. The van der Waals surface area contributed by atoms with E-state index in [1.165, 1.54) is 0 Å². The van der Waals surface area contributed by atoms with Gasteiger partial charge in [0.15, 0.2) is 5.96 Å². The van der Waals surface area contributed by atoms with Crippen molar-refractivity contribution in [1.82, 2.24) is 5.32 Å². The van der Waals surface area contributed by atoms with Crippen LogP contribution in [0.25, 0.3) is 0 Å². The summed E-state index contributed by atoms with van der Waals surface area (Å²) in [6.07, 6.45) is 0. The van der Waals surface area contributed by atoms with E-state index in [2.05, 4.69) is 24.2 Å². The van der Waals surface area contributed by atoms with Crippen LogP contribution in [0.3, 0.4) is 0 Å². The fourth-order valence-corrected chi connectivity index (χ4v) is 1.31. The quantitative estimate of drug-likeness (QED) is 0.480. The first kappa shape index (κ1) is 17.0. The SMILES string of the molecule is COc1cccc(CN=C(N)NCC(C)C)c1.I. The highest BCUT2D eigenvalue weighted by Crippen LogP contribution is 2.12. The van der Waals surface area contributed by atoms with Gasteiger partial charge >= 0.3 is 0 Å². The normalized spacial score (nSPS) is 11.0. The van der Waals surface area contributed by atoms with Crippen LogP contribution < -0.4 is 15.8 Å². The summed E-state index contributed by atoms with van der Waals surface area (Å²) in [5.74, 6) is 1.88.